The van der Waals surface area contributed by atoms with E-state index in [0.29, 0.717) is 4.64 Å². The molecule has 3 rings (SSSR count). The Labute approximate surface area is 109 Å². The molecule has 0 aliphatic carbocycles. The first kappa shape index (κ1) is 11.0. The van der Waals surface area contributed by atoms with E-state index in [1.807, 2.05) is 36.5 Å². The fraction of sp³-hybridized carbons (Fsp3) is 0.0769. The van der Waals surface area contributed by atoms with Gasteiger partial charge in [0.15, 0.2) is 0 Å². The Morgan fingerprint density at radius 3 is 3.00 bits per heavy atom. The van der Waals surface area contributed by atoms with Crippen molar-refractivity contribution in [1.82, 2.24) is 14.6 Å². The van der Waals surface area contributed by atoms with Gasteiger partial charge in [0.1, 0.15) is 15.9 Å². The third kappa shape index (κ3) is 1.78. The van der Waals surface area contributed by atoms with Crippen LogP contribution in [0.1, 0.15) is 0 Å². The van der Waals surface area contributed by atoms with Crippen molar-refractivity contribution in [3.63, 3.8) is 0 Å². The maximum atomic E-state index is 5.22. The van der Waals surface area contributed by atoms with Crippen LogP contribution in [0, 0.1) is 4.64 Å². The summed E-state index contributed by atoms with van der Waals surface area (Å²) in [6, 6.07) is 9.77. The average Bonchev–Trinajstić information content (AvgIpc) is 2.84. The van der Waals surface area contributed by atoms with Crippen LogP contribution in [-0.4, -0.2) is 21.7 Å². The van der Waals surface area contributed by atoms with E-state index in [0.717, 1.165) is 22.5 Å². The van der Waals surface area contributed by atoms with Crippen molar-refractivity contribution in [2.24, 2.45) is 0 Å². The molecule has 0 spiro atoms. The molecule has 0 bridgehead atoms. The molecule has 18 heavy (non-hydrogen) atoms. The molecule has 3 aromatic rings. The fourth-order valence-electron chi connectivity index (χ4n) is 1.86. The summed E-state index contributed by atoms with van der Waals surface area (Å²) in [5.74, 6) is 0.815. The minimum absolute atomic E-state index is 0.680. The molecule has 0 amide bonds. The summed E-state index contributed by atoms with van der Waals surface area (Å²) in [4.78, 5) is 2.99. The second-order valence-corrected chi connectivity index (χ2v) is 4.29. The molecule has 0 atom stereocenters. The Kier molecular flexibility index (Phi) is 2.60. The number of nitrogens with zero attached hydrogens (tertiary/aromatic N) is 2. The lowest BCUT2D eigenvalue weighted by atomic mass is 10.1. The van der Waals surface area contributed by atoms with E-state index in [2.05, 4.69) is 10.1 Å². The van der Waals surface area contributed by atoms with E-state index in [4.69, 9.17) is 17.0 Å². The molecule has 0 saturated carbocycles. The van der Waals surface area contributed by atoms with Crippen molar-refractivity contribution in [2.45, 2.75) is 0 Å². The quantitative estimate of drug-likeness (QED) is 0.717. The predicted octanol–water partition coefficient (Wildman–Crippen LogP) is 3.07. The van der Waals surface area contributed by atoms with Crippen LogP contribution < -0.4 is 4.74 Å². The standard InChI is InChI=1S/C13H11N3OS/c1-17-10-4-2-3-9(7-10)11-8-12-13(18)14-5-6-16(12)15-11/h2-8H,1H3,(H,14,18). The molecule has 2 aromatic heterocycles. The Balaban J connectivity index is 2.19. The largest absolute Gasteiger partial charge is 0.497 e. The van der Waals surface area contributed by atoms with Crippen LogP contribution in [-0.2, 0) is 0 Å². The fourth-order valence-corrected chi connectivity index (χ4v) is 2.08. The summed E-state index contributed by atoms with van der Waals surface area (Å²) < 4.78 is 7.66. The van der Waals surface area contributed by atoms with E-state index >= 15 is 0 Å². The van der Waals surface area contributed by atoms with Crippen LogP contribution in [0.3, 0.4) is 0 Å². The lowest BCUT2D eigenvalue weighted by molar-refractivity contribution is 0.415. The van der Waals surface area contributed by atoms with Gasteiger partial charge in [-0.15, -0.1) is 0 Å². The molecule has 0 fully saturated rings. The third-order valence-corrected chi connectivity index (χ3v) is 3.09. The number of methoxy groups -OCH3 is 1. The highest BCUT2D eigenvalue weighted by atomic mass is 32.1. The minimum atomic E-state index is 0.680. The second kappa shape index (κ2) is 4.27. The van der Waals surface area contributed by atoms with Crippen molar-refractivity contribution >= 4 is 17.7 Å². The molecule has 2 heterocycles. The number of hydrogen-bond donors (Lipinski definition) is 1. The molecule has 4 nitrogen and oxygen atoms in total. The molecule has 0 unspecified atom stereocenters. The highest BCUT2D eigenvalue weighted by molar-refractivity contribution is 7.71. The summed E-state index contributed by atoms with van der Waals surface area (Å²) in [5, 5.41) is 4.49. The van der Waals surface area contributed by atoms with Gasteiger partial charge in [-0.3, -0.25) is 0 Å². The van der Waals surface area contributed by atoms with Gasteiger partial charge in [0.2, 0.25) is 0 Å². The number of aromatic amines is 1. The Hall–Kier alpha value is -2.14. The SMILES string of the molecule is COc1cccc(-c2cc3c(=S)[nH]ccn3n2)c1. The number of aromatic nitrogens is 3. The van der Waals surface area contributed by atoms with Crippen LogP contribution in [0.5, 0.6) is 5.75 Å². The van der Waals surface area contributed by atoms with E-state index in [9.17, 15) is 0 Å². The molecule has 0 aliphatic rings. The van der Waals surface area contributed by atoms with Crippen molar-refractivity contribution in [2.75, 3.05) is 7.11 Å². The summed E-state index contributed by atoms with van der Waals surface area (Å²) in [7, 11) is 1.65. The topological polar surface area (TPSA) is 42.3 Å². The second-order valence-electron chi connectivity index (χ2n) is 3.88. The van der Waals surface area contributed by atoms with Crippen molar-refractivity contribution in [1.29, 1.82) is 0 Å². The molecular weight excluding hydrogens is 246 g/mol. The average molecular weight is 257 g/mol. The van der Waals surface area contributed by atoms with Gasteiger partial charge < -0.3 is 9.72 Å². The first-order valence-corrected chi connectivity index (χ1v) is 5.90. The monoisotopic (exact) mass is 257 g/mol. The number of fused-ring (bicyclic) bond motifs is 1. The number of nitrogens with one attached hydrogen (secondary N) is 1. The van der Waals surface area contributed by atoms with Crippen molar-refractivity contribution < 1.29 is 4.74 Å². The molecule has 0 radical (unpaired) electrons. The van der Waals surface area contributed by atoms with Crippen LogP contribution >= 0.6 is 12.2 Å². The van der Waals surface area contributed by atoms with Crippen molar-refractivity contribution in [3.8, 4) is 17.0 Å². The first-order valence-electron chi connectivity index (χ1n) is 5.49. The Bertz CT molecular complexity index is 760. The molecule has 5 heteroatoms. The summed E-state index contributed by atoms with van der Waals surface area (Å²) in [6.45, 7) is 0. The van der Waals surface area contributed by atoms with Gasteiger partial charge in [-0.2, -0.15) is 5.10 Å². The number of benzene rings is 1. The van der Waals surface area contributed by atoms with Gasteiger partial charge in [-0.25, -0.2) is 4.52 Å². The summed E-state index contributed by atoms with van der Waals surface area (Å²) in [6.07, 6.45) is 3.62. The lowest BCUT2D eigenvalue weighted by Crippen LogP contribution is -1.88. The van der Waals surface area contributed by atoms with Crippen LogP contribution in [0.15, 0.2) is 42.7 Å². The maximum absolute atomic E-state index is 5.22. The van der Waals surface area contributed by atoms with Gasteiger partial charge in [0.05, 0.1) is 12.8 Å². The van der Waals surface area contributed by atoms with Gasteiger partial charge in [-0.1, -0.05) is 24.4 Å². The van der Waals surface area contributed by atoms with E-state index < -0.39 is 0 Å². The number of hydrogen-bond acceptors (Lipinski definition) is 3. The van der Waals surface area contributed by atoms with Gasteiger partial charge in [0.25, 0.3) is 0 Å². The van der Waals surface area contributed by atoms with E-state index in [1.54, 1.807) is 17.8 Å². The lowest BCUT2D eigenvalue weighted by Gasteiger charge is -2.00. The molecular formula is C13H11N3OS. The molecule has 0 aliphatic heterocycles. The molecule has 1 aromatic carbocycles. The zero-order valence-corrected chi connectivity index (χ0v) is 10.6. The van der Waals surface area contributed by atoms with Gasteiger partial charge in [-0.05, 0) is 18.2 Å². The predicted molar refractivity (Wildman–Crippen MR) is 72.4 cm³/mol. The van der Waals surface area contributed by atoms with Crippen LogP contribution in [0.4, 0.5) is 0 Å². The number of rotatable bonds is 2. The highest BCUT2D eigenvalue weighted by Crippen LogP contribution is 2.23. The van der Waals surface area contributed by atoms with Crippen LogP contribution in [0.2, 0.25) is 0 Å². The smallest absolute Gasteiger partial charge is 0.129 e. The van der Waals surface area contributed by atoms with Crippen LogP contribution in [0.25, 0.3) is 16.8 Å². The maximum Gasteiger partial charge on any atom is 0.129 e. The molecule has 0 saturated heterocycles. The zero-order chi connectivity index (χ0) is 12.5. The summed E-state index contributed by atoms with van der Waals surface area (Å²) >= 11 is 5.22. The van der Waals surface area contributed by atoms with E-state index in [1.165, 1.54) is 0 Å². The van der Waals surface area contributed by atoms with Gasteiger partial charge in [0, 0.05) is 18.0 Å². The Morgan fingerprint density at radius 1 is 1.33 bits per heavy atom. The highest BCUT2D eigenvalue weighted by Gasteiger charge is 2.06. The molecule has 1 N–H and O–H groups in total. The first-order chi connectivity index (χ1) is 8.78. The van der Waals surface area contributed by atoms with Crippen molar-refractivity contribution in [3.05, 3.63) is 47.4 Å². The minimum Gasteiger partial charge on any atom is -0.497 e. The Morgan fingerprint density at radius 2 is 2.22 bits per heavy atom. The summed E-state index contributed by atoms with van der Waals surface area (Å²) in [5.41, 5.74) is 2.78. The van der Waals surface area contributed by atoms with E-state index in [-0.39, 0.29) is 0 Å². The normalized spacial score (nSPS) is 10.7. The number of H-pyrrole nitrogens is 1. The zero-order valence-electron chi connectivity index (χ0n) is 9.75. The number of ether oxygens (including phenoxy) is 1. The molecule has 90 valence electrons. The van der Waals surface area contributed by atoms with Gasteiger partial charge >= 0.3 is 0 Å². The third-order valence-electron chi connectivity index (χ3n) is 2.76.